The van der Waals surface area contributed by atoms with Crippen molar-refractivity contribution < 1.29 is 0 Å². The molecule has 0 bridgehead atoms. The molecule has 116 valence electrons. The van der Waals surface area contributed by atoms with Crippen LogP contribution in [0.25, 0.3) is 0 Å². The van der Waals surface area contributed by atoms with Gasteiger partial charge < -0.3 is 10.6 Å². The standard InChI is InChI=1S/C17H21ClN4/c1-11(2)12-6-8-14(9-7-12)21-17-19-10-15(18)16(22-17)20-13-4-3-5-13/h6-11,13H,3-5H2,1-2H3,(H2,19,20,21,22). The van der Waals surface area contributed by atoms with Gasteiger partial charge in [-0.25, -0.2) is 4.98 Å². The summed E-state index contributed by atoms with van der Waals surface area (Å²) in [6, 6.07) is 8.83. The molecule has 2 aromatic rings. The van der Waals surface area contributed by atoms with Gasteiger partial charge >= 0.3 is 0 Å². The topological polar surface area (TPSA) is 49.8 Å². The lowest BCUT2D eigenvalue weighted by atomic mass is 9.93. The van der Waals surface area contributed by atoms with Crippen LogP contribution in [0.4, 0.5) is 17.5 Å². The van der Waals surface area contributed by atoms with Crippen molar-refractivity contribution in [3.05, 3.63) is 41.0 Å². The molecule has 1 aliphatic carbocycles. The lowest BCUT2D eigenvalue weighted by Crippen LogP contribution is -2.27. The minimum atomic E-state index is 0.491. The summed E-state index contributed by atoms with van der Waals surface area (Å²) in [7, 11) is 0. The van der Waals surface area contributed by atoms with E-state index in [1.807, 2.05) is 12.1 Å². The zero-order valence-corrected chi connectivity index (χ0v) is 13.7. The number of aromatic nitrogens is 2. The molecule has 0 amide bonds. The summed E-state index contributed by atoms with van der Waals surface area (Å²) in [4.78, 5) is 8.73. The molecule has 0 atom stereocenters. The molecule has 1 aliphatic rings. The highest BCUT2D eigenvalue weighted by atomic mass is 35.5. The van der Waals surface area contributed by atoms with Gasteiger partial charge in [-0.15, -0.1) is 0 Å². The molecule has 3 rings (SSSR count). The smallest absolute Gasteiger partial charge is 0.229 e. The molecule has 0 radical (unpaired) electrons. The van der Waals surface area contributed by atoms with E-state index in [4.69, 9.17) is 11.6 Å². The Kier molecular flexibility index (Phi) is 4.48. The van der Waals surface area contributed by atoms with Crippen molar-refractivity contribution in [2.75, 3.05) is 10.6 Å². The molecular weight excluding hydrogens is 296 g/mol. The van der Waals surface area contributed by atoms with Crippen LogP contribution in [0.3, 0.4) is 0 Å². The number of nitrogens with zero attached hydrogens (tertiary/aromatic N) is 2. The Balaban J connectivity index is 1.72. The number of hydrogen-bond acceptors (Lipinski definition) is 4. The molecular formula is C17H21ClN4. The van der Waals surface area contributed by atoms with Crippen molar-refractivity contribution in [3.8, 4) is 0 Å². The van der Waals surface area contributed by atoms with Crippen molar-refractivity contribution in [1.82, 2.24) is 9.97 Å². The first kappa shape index (κ1) is 15.1. The average Bonchev–Trinajstić information content (AvgIpc) is 2.46. The average molecular weight is 317 g/mol. The fourth-order valence-electron chi connectivity index (χ4n) is 2.35. The molecule has 2 N–H and O–H groups in total. The Morgan fingerprint density at radius 1 is 1.18 bits per heavy atom. The Morgan fingerprint density at radius 3 is 2.50 bits per heavy atom. The van der Waals surface area contributed by atoms with Gasteiger partial charge in [0.2, 0.25) is 5.95 Å². The maximum absolute atomic E-state index is 6.16. The van der Waals surface area contributed by atoms with E-state index in [9.17, 15) is 0 Å². The Morgan fingerprint density at radius 2 is 1.91 bits per heavy atom. The quantitative estimate of drug-likeness (QED) is 0.818. The first-order chi connectivity index (χ1) is 10.6. The molecule has 1 heterocycles. The summed E-state index contributed by atoms with van der Waals surface area (Å²) >= 11 is 6.16. The van der Waals surface area contributed by atoms with E-state index in [2.05, 4.69) is 46.6 Å². The van der Waals surface area contributed by atoms with Gasteiger partial charge in [0.1, 0.15) is 5.02 Å². The van der Waals surface area contributed by atoms with Gasteiger partial charge in [-0.2, -0.15) is 4.98 Å². The summed E-state index contributed by atoms with van der Waals surface area (Å²) in [6.07, 6.45) is 5.27. The first-order valence-corrected chi connectivity index (χ1v) is 8.15. The number of rotatable bonds is 5. The van der Waals surface area contributed by atoms with E-state index >= 15 is 0 Å². The SMILES string of the molecule is CC(C)c1ccc(Nc2ncc(Cl)c(NC3CCC3)n2)cc1. The van der Waals surface area contributed by atoms with Crippen LogP contribution in [0, 0.1) is 0 Å². The van der Waals surface area contributed by atoms with Crippen LogP contribution in [-0.4, -0.2) is 16.0 Å². The number of nitrogens with one attached hydrogen (secondary N) is 2. The molecule has 0 unspecified atom stereocenters. The fourth-order valence-corrected chi connectivity index (χ4v) is 2.50. The van der Waals surface area contributed by atoms with Crippen LogP contribution in [0.15, 0.2) is 30.5 Å². The molecule has 4 nitrogen and oxygen atoms in total. The Bertz CT molecular complexity index is 636. The van der Waals surface area contributed by atoms with Gasteiger partial charge in [0.05, 0.1) is 6.20 Å². The summed E-state index contributed by atoms with van der Waals surface area (Å²) in [5, 5.41) is 7.16. The van der Waals surface area contributed by atoms with Gasteiger partial charge in [0, 0.05) is 11.7 Å². The van der Waals surface area contributed by atoms with Crippen molar-refractivity contribution in [2.24, 2.45) is 0 Å². The van der Waals surface area contributed by atoms with Crippen molar-refractivity contribution in [3.63, 3.8) is 0 Å². The third kappa shape index (κ3) is 3.50. The Hall–Kier alpha value is -1.81. The lowest BCUT2D eigenvalue weighted by molar-refractivity contribution is 0.444. The Labute approximate surface area is 136 Å². The summed E-state index contributed by atoms with van der Waals surface area (Å²) < 4.78 is 0. The predicted molar refractivity (Wildman–Crippen MR) is 92.1 cm³/mol. The molecule has 0 saturated heterocycles. The number of benzene rings is 1. The van der Waals surface area contributed by atoms with Crippen LogP contribution in [0.2, 0.25) is 5.02 Å². The highest BCUT2D eigenvalue weighted by Crippen LogP contribution is 2.27. The zero-order valence-electron chi connectivity index (χ0n) is 12.9. The van der Waals surface area contributed by atoms with E-state index in [1.54, 1.807) is 6.20 Å². The van der Waals surface area contributed by atoms with Gasteiger partial charge in [-0.05, 0) is 42.9 Å². The fraction of sp³-hybridized carbons (Fsp3) is 0.412. The normalized spacial score (nSPS) is 14.7. The third-order valence-electron chi connectivity index (χ3n) is 4.02. The van der Waals surface area contributed by atoms with E-state index in [-0.39, 0.29) is 0 Å². The number of anilines is 3. The molecule has 1 saturated carbocycles. The van der Waals surface area contributed by atoms with E-state index in [0.717, 1.165) is 5.69 Å². The monoisotopic (exact) mass is 316 g/mol. The second-order valence-corrected chi connectivity index (χ2v) is 6.47. The van der Waals surface area contributed by atoms with Crippen molar-refractivity contribution in [1.29, 1.82) is 0 Å². The number of hydrogen-bond donors (Lipinski definition) is 2. The van der Waals surface area contributed by atoms with Crippen molar-refractivity contribution in [2.45, 2.75) is 45.1 Å². The van der Waals surface area contributed by atoms with E-state index in [1.165, 1.54) is 24.8 Å². The molecule has 1 aromatic carbocycles. The first-order valence-electron chi connectivity index (χ1n) is 7.78. The van der Waals surface area contributed by atoms with E-state index < -0.39 is 0 Å². The minimum Gasteiger partial charge on any atom is -0.366 e. The number of halogens is 1. The summed E-state index contributed by atoms with van der Waals surface area (Å²) in [6.45, 7) is 4.37. The highest BCUT2D eigenvalue weighted by molar-refractivity contribution is 6.32. The van der Waals surface area contributed by atoms with Crippen LogP contribution >= 0.6 is 11.6 Å². The van der Waals surface area contributed by atoms with Crippen LogP contribution in [0.1, 0.15) is 44.6 Å². The molecule has 0 spiro atoms. The van der Waals surface area contributed by atoms with Gasteiger partial charge in [0.15, 0.2) is 5.82 Å². The van der Waals surface area contributed by atoms with Gasteiger partial charge in [0.25, 0.3) is 0 Å². The predicted octanol–water partition coefficient (Wildman–Crippen LogP) is 4.96. The molecule has 5 heteroatoms. The summed E-state index contributed by atoms with van der Waals surface area (Å²) in [5.74, 6) is 1.80. The minimum absolute atomic E-state index is 0.491. The molecule has 22 heavy (non-hydrogen) atoms. The molecule has 1 aromatic heterocycles. The summed E-state index contributed by atoms with van der Waals surface area (Å²) in [5.41, 5.74) is 2.29. The van der Waals surface area contributed by atoms with E-state index in [0.29, 0.717) is 28.7 Å². The lowest BCUT2D eigenvalue weighted by Gasteiger charge is -2.27. The zero-order chi connectivity index (χ0) is 15.5. The second-order valence-electron chi connectivity index (χ2n) is 6.06. The molecule has 0 aliphatic heterocycles. The second kappa shape index (κ2) is 6.53. The van der Waals surface area contributed by atoms with Gasteiger partial charge in [-0.1, -0.05) is 37.6 Å². The van der Waals surface area contributed by atoms with Crippen LogP contribution < -0.4 is 10.6 Å². The van der Waals surface area contributed by atoms with Crippen LogP contribution in [0.5, 0.6) is 0 Å². The third-order valence-corrected chi connectivity index (χ3v) is 4.30. The molecule has 1 fully saturated rings. The van der Waals surface area contributed by atoms with Crippen molar-refractivity contribution >= 4 is 29.1 Å². The highest BCUT2D eigenvalue weighted by Gasteiger charge is 2.19. The maximum Gasteiger partial charge on any atom is 0.229 e. The van der Waals surface area contributed by atoms with Crippen LogP contribution in [-0.2, 0) is 0 Å². The maximum atomic E-state index is 6.16. The largest absolute Gasteiger partial charge is 0.366 e. The van der Waals surface area contributed by atoms with Gasteiger partial charge in [-0.3, -0.25) is 0 Å².